The summed E-state index contributed by atoms with van der Waals surface area (Å²) in [4.78, 5) is 26.9. The minimum absolute atomic E-state index is 0.0624. The van der Waals surface area contributed by atoms with Gasteiger partial charge in [0.25, 0.3) is 0 Å². The largest absolute Gasteiger partial charge is 0.508 e. The van der Waals surface area contributed by atoms with Crippen molar-refractivity contribution in [3.8, 4) is 11.8 Å². The van der Waals surface area contributed by atoms with E-state index in [1.807, 2.05) is 16.8 Å². The molecular weight excluding hydrogens is 352 g/mol. The molecule has 9 heteroatoms. The number of carboxylic acid groups (broad SMARTS) is 1. The summed E-state index contributed by atoms with van der Waals surface area (Å²) in [5.41, 5.74) is 1.09. The van der Waals surface area contributed by atoms with Gasteiger partial charge in [-0.05, 0) is 42.8 Å². The highest BCUT2D eigenvalue weighted by molar-refractivity contribution is 5.72. The first kappa shape index (κ1) is 17.9. The van der Waals surface area contributed by atoms with Crippen LogP contribution in [0, 0.1) is 22.2 Å². The highest BCUT2D eigenvalue weighted by atomic mass is 16.4. The number of carboxylic acids is 1. The number of phenolic OH excluding ortho intramolecular Hbond substituents is 1. The van der Waals surface area contributed by atoms with Gasteiger partial charge in [0.2, 0.25) is 0 Å². The maximum atomic E-state index is 11.8. The number of aliphatic carboxylic acids is 1. The van der Waals surface area contributed by atoms with E-state index in [0.717, 1.165) is 0 Å². The minimum atomic E-state index is -0.913. The van der Waals surface area contributed by atoms with Crippen LogP contribution in [0.15, 0.2) is 17.3 Å². The second-order valence-electron chi connectivity index (χ2n) is 7.48. The fourth-order valence-electron chi connectivity index (χ4n) is 5.45. The van der Waals surface area contributed by atoms with Gasteiger partial charge in [0.05, 0.1) is 24.6 Å². The zero-order valence-corrected chi connectivity index (χ0v) is 14.7. The first-order chi connectivity index (χ1) is 12.9. The monoisotopic (exact) mass is 372 g/mol. The number of likely N-dealkylation sites (N-methyl/N-ethyl adjacent to an activating group) is 1. The Hall–Kier alpha value is -2.54. The van der Waals surface area contributed by atoms with Crippen LogP contribution in [0.3, 0.4) is 0 Å². The molecule has 9 nitrogen and oxygen atoms in total. The molecule has 2 saturated heterocycles. The number of aliphatic hydroxyl groups excluding tert-OH is 1. The van der Waals surface area contributed by atoms with Crippen LogP contribution in [-0.2, 0) is 11.2 Å². The molecule has 2 bridgehead atoms. The van der Waals surface area contributed by atoms with Crippen molar-refractivity contribution in [1.82, 2.24) is 9.80 Å². The maximum absolute atomic E-state index is 11.8. The van der Waals surface area contributed by atoms with E-state index in [2.05, 4.69) is 11.2 Å². The van der Waals surface area contributed by atoms with Crippen molar-refractivity contribution in [2.24, 2.45) is 11.1 Å². The summed E-state index contributed by atoms with van der Waals surface area (Å²) in [6, 6.07) is 2.72. The molecule has 1 aromatic carbocycles. The molecule has 142 valence electrons. The normalized spacial score (nSPS) is 35.1. The van der Waals surface area contributed by atoms with Crippen molar-refractivity contribution >= 4 is 11.7 Å². The van der Waals surface area contributed by atoms with Crippen molar-refractivity contribution in [2.75, 3.05) is 13.7 Å². The van der Waals surface area contributed by atoms with Crippen LogP contribution >= 0.6 is 0 Å². The van der Waals surface area contributed by atoms with Gasteiger partial charge >= 0.3 is 5.97 Å². The van der Waals surface area contributed by atoms with Crippen LogP contribution in [0.5, 0.6) is 5.75 Å². The molecule has 0 aromatic heterocycles. The minimum Gasteiger partial charge on any atom is -0.508 e. The van der Waals surface area contributed by atoms with Crippen LogP contribution in [0.4, 0.5) is 5.69 Å². The third-order valence-electron chi connectivity index (χ3n) is 6.50. The van der Waals surface area contributed by atoms with Gasteiger partial charge in [-0.2, -0.15) is 5.26 Å². The van der Waals surface area contributed by atoms with E-state index in [0.29, 0.717) is 17.5 Å². The summed E-state index contributed by atoms with van der Waals surface area (Å²) in [6.45, 7) is -0.363. The topological polar surface area (TPSA) is 137 Å². The number of benzene rings is 1. The van der Waals surface area contributed by atoms with Gasteiger partial charge < -0.3 is 15.3 Å². The molecule has 3 aliphatic heterocycles. The number of nitrogens with zero attached hydrogens (tertiary/aromatic N) is 4. The van der Waals surface area contributed by atoms with E-state index >= 15 is 0 Å². The predicted octanol–water partition coefficient (Wildman–Crippen LogP) is 0.729. The fraction of sp³-hybridized carbons (Fsp3) is 0.556. The van der Waals surface area contributed by atoms with Crippen LogP contribution < -0.4 is 0 Å². The Bertz CT molecular complexity index is 853. The molecule has 27 heavy (non-hydrogen) atoms. The van der Waals surface area contributed by atoms with Gasteiger partial charge in [0.1, 0.15) is 17.5 Å². The summed E-state index contributed by atoms with van der Waals surface area (Å²) >= 11 is 0. The number of aliphatic hydroxyl groups is 1. The molecule has 0 saturated carbocycles. The highest BCUT2D eigenvalue weighted by Gasteiger charge is 2.59. The van der Waals surface area contributed by atoms with Gasteiger partial charge in [-0.15, -0.1) is 4.91 Å². The third-order valence-corrected chi connectivity index (χ3v) is 6.50. The molecule has 3 aliphatic rings. The summed E-state index contributed by atoms with van der Waals surface area (Å²) < 4.78 is 0. The van der Waals surface area contributed by atoms with E-state index in [-0.39, 0.29) is 42.6 Å². The predicted molar refractivity (Wildman–Crippen MR) is 93.2 cm³/mol. The number of hydrogen-bond donors (Lipinski definition) is 3. The van der Waals surface area contributed by atoms with Crippen molar-refractivity contribution in [2.45, 2.75) is 43.1 Å². The number of phenols is 1. The van der Waals surface area contributed by atoms with Gasteiger partial charge in [-0.1, -0.05) is 0 Å². The lowest BCUT2D eigenvalue weighted by molar-refractivity contribution is -0.144. The summed E-state index contributed by atoms with van der Waals surface area (Å²) in [6.07, 6.45) is 0.631. The molecule has 6 atom stereocenters. The lowest BCUT2D eigenvalue weighted by atomic mass is 9.80. The number of piperazine rings is 1. The SMILES string of the molecule is CN1[C@@H]2[C@H](C(=O)O)C[C@H]1C(C#N)N1[C@@H](CO)c3c(O)ccc(N=O)c3C[C@@H]21. The van der Waals surface area contributed by atoms with E-state index in [9.17, 15) is 30.3 Å². The van der Waals surface area contributed by atoms with Gasteiger partial charge in [-0.3, -0.25) is 14.6 Å². The Morgan fingerprint density at radius 3 is 2.74 bits per heavy atom. The summed E-state index contributed by atoms with van der Waals surface area (Å²) in [5.74, 6) is -1.62. The standard InChI is InChI=1S/C18H20N4O5/c1-21-11-5-9(18(25)26)17(21)12-4-8-10(20-27)2-3-15(24)16(8)14(7-23)22(12)13(11)6-19/h2-3,9,11-14,17,23-24H,4-5,7H2,1H3,(H,25,26)/t9-,11+,12+,13?,14+,17-/m1/s1. The molecule has 2 fully saturated rings. The maximum Gasteiger partial charge on any atom is 0.308 e. The zero-order valence-electron chi connectivity index (χ0n) is 14.7. The number of rotatable bonds is 3. The molecule has 3 N–H and O–H groups in total. The second kappa shape index (κ2) is 6.27. The smallest absolute Gasteiger partial charge is 0.308 e. The Morgan fingerprint density at radius 2 is 2.15 bits per heavy atom. The lowest BCUT2D eigenvalue weighted by Gasteiger charge is -2.54. The van der Waals surface area contributed by atoms with Crippen molar-refractivity contribution < 1.29 is 20.1 Å². The molecule has 0 spiro atoms. The van der Waals surface area contributed by atoms with Crippen molar-refractivity contribution in [1.29, 1.82) is 5.26 Å². The first-order valence-electron chi connectivity index (χ1n) is 8.85. The summed E-state index contributed by atoms with van der Waals surface area (Å²) in [7, 11) is 1.82. The second-order valence-corrected chi connectivity index (χ2v) is 7.48. The van der Waals surface area contributed by atoms with Crippen molar-refractivity contribution in [3.05, 3.63) is 28.2 Å². The summed E-state index contributed by atoms with van der Waals surface area (Å²) in [5, 5.41) is 43.1. The van der Waals surface area contributed by atoms with Crippen LogP contribution in [-0.4, -0.2) is 68.9 Å². The third kappa shape index (κ3) is 2.31. The van der Waals surface area contributed by atoms with E-state index in [4.69, 9.17) is 0 Å². The average molecular weight is 372 g/mol. The molecule has 4 rings (SSSR count). The van der Waals surface area contributed by atoms with Crippen LogP contribution in [0.1, 0.15) is 23.6 Å². The van der Waals surface area contributed by atoms with Gasteiger partial charge in [0, 0.05) is 23.7 Å². The Labute approximate surface area is 155 Å². The molecule has 1 aromatic rings. The molecule has 0 amide bonds. The number of aromatic hydroxyl groups is 1. The average Bonchev–Trinajstić information content (AvgIpc) is 2.91. The van der Waals surface area contributed by atoms with E-state index in [1.165, 1.54) is 12.1 Å². The molecule has 0 radical (unpaired) electrons. The first-order valence-corrected chi connectivity index (χ1v) is 8.85. The Kier molecular flexibility index (Phi) is 4.14. The van der Waals surface area contributed by atoms with Gasteiger partial charge in [0.15, 0.2) is 0 Å². The number of carbonyl (C=O) groups is 1. The number of hydrogen-bond acceptors (Lipinski definition) is 8. The van der Waals surface area contributed by atoms with Crippen molar-refractivity contribution in [3.63, 3.8) is 0 Å². The number of nitriles is 1. The van der Waals surface area contributed by atoms with Crippen LogP contribution in [0.25, 0.3) is 0 Å². The number of nitroso groups, excluding NO2 is 1. The lowest BCUT2D eigenvalue weighted by Crippen LogP contribution is -2.67. The van der Waals surface area contributed by atoms with Gasteiger partial charge in [-0.25, -0.2) is 0 Å². The van der Waals surface area contributed by atoms with E-state index in [1.54, 1.807) is 0 Å². The zero-order chi connectivity index (χ0) is 19.5. The molecule has 3 heterocycles. The molecular formula is C18H20N4O5. The highest BCUT2D eigenvalue weighted by Crippen LogP contribution is 2.51. The Morgan fingerprint density at radius 1 is 1.41 bits per heavy atom. The molecule has 0 aliphatic carbocycles. The van der Waals surface area contributed by atoms with E-state index < -0.39 is 24.0 Å². The fourth-order valence-corrected chi connectivity index (χ4v) is 5.45. The number of fused-ring (bicyclic) bond motifs is 5. The van der Waals surface area contributed by atoms with Crippen LogP contribution in [0.2, 0.25) is 0 Å². The quantitative estimate of drug-likeness (QED) is 0.660. The molecule has 1 unspecified atom stereocenters. The Balaban J connectivity index is 1.92.